The van der Waals surface area contributed by atoms with Gasteiger partial charge < -0.3 is 4.74 Å². The first-order valence-electron chi connectivity index (χ1n) is 4.65. The Kier molecular flexibility index (Phi) is 1.98. The summed E-state index contributed by atoms with van der Waals surface area (Å²) in [6.07, 6.45) is -2.65. The number of hydrogen-bond donors (Lipinski definition) is 0. The molecule has 1 atom stereocenters. The normalized spacial score (nSPS) is 23.9. The van der Waals surface area contributed by atoms with Gasteiger partial charge in [0.05, 0.1) is 5.92 Å². The highest BCUT2D eigenvalue weighted by atomic mass is 19.3. The number of alkyl halides is 2. The number of ether oxygens (including phenoxy) is 1. The fourth-order valence-corrected chi connectivity index (χ4v) is 1.62. The standard InChI is InChI=1S/C11H12F2O/c1-7-3-4-9-6-8(2)11(12,13)14-10(9)5-7/h3-5,8H,6H2,1-2H3. The third-order valence-corrected chi connectivity index (χ3v) is 2.57. The monoisotopic (exact) mass is 198 g/mol. The third-order valence-electron chi connectivity index (χ3n) is 2.57. The van der Waals surface area contributed by atoms with Crippen LogP contribution in [0.15, 0.2) is 18.2 Å². The molecule has 1 nitrogen and oxygen atoms in total. The van der Waals surface area contributed by atoms with Crippen LogP contribution in [-0.4, -0.2) is 6.11 Å². The molecule has 0 fully saturated rings. The molecule has 0 spiro atoms. The van der Waals surface area contributed by atoms with Crippen LogP contribution < -0.4 is 4.74 Å². The molecule has 1 heterocycles. The summed E-state index contributed by atoms with van der Waals surface area (Å²) in [6, 6.07) is 5.43. The molecule has 0 N–H and O–H groups in total. The maximum atomic E-state index is 13.2. The molecule has 0 amide bonds. The van der Waals surface area contributed by atoms with Gasteiger partial charge >= 0.3 is 6.11 Å². The van der Waals surface area contributed by atoms with E-state index in [0.29, 0.717) is 12.2 Å². The molecule has 2 rings (SSSR count). The Hall–Kier alpha value is -1.12. The summed E-state index contributed by atoms with van der Waals surface area (Å²) >= 11 is 0. The van der Waals surface area contributed by atoms with Gasteiger partial charge in [-0.2, -0.15) is 8.78 Å². The van der Waals surface area contributed by atoms with Gasteiger partial charge in [-0.25, -0.2) is 0 Å². The lowest BCUT2D eigenvalue weighted by Gasteiger charge is -2.30. The van der Waals surface area contributed by atoms with Crippen LogP contribution in [0.4, 0.5) is 8.78 Å². The van der Waals surface area contributed by atoms with Crippen LogP contribution in [0.5, 0.6) is 5.75 Å². The highest BCUT2D eigenvalue weighted by Crippen LogP contribution is 2.39. The molecule has 0 radical (unpaired) electrons. The van der Waals surface area contributed by atoms with Crippen LogP contribution >= 0.6 is 0 Å². The van der Waals surface area contributed by atoms with Crippen LogP contribution in [0.2, 0.25) is 0 Å². The minimum atomic E-state index is -3.03. The smallest absolute Gasteiger partial charge is 0.400 e. The molecule has 1 aromatic carbocycles. The summed E-state index contributed by atoms with van der Waals surface area (Å²) in [4.78, 5) is 0. The zero-order valence-corrected chi connectivity index (χ0v) is 8.18. The second-order valence-corrected chi connectivity index (χ2v) is 3.88. The van der Waals surface area contributed by atoms with Gasteiger partial charge in [0.15, 0.2) is 0 Å². The number of rotatable bonds is 0. The van der Waals surface area contributed by atoms with Gasteiger partial charge in [0.2, 0.25) is 0 Å². The van der Waals surface area contributed by atoms with E-state index in [2.05, 4.69) is 4.74 Å². The van der Waals surface area contributed by atoms with Crippen LogP contribution in [0, 0.1) is 12.8 Å². The molecule has 0 saturated carbocycles. The summed E-state index contributed by atoms with van der Waals surface area (Å²) in [5.74, 6) is -0.425. The summed E-state index contributed by atoms with van der Waals surface area (Å²) in [5, 5.41) is 0. The quantitative estimate of drug-likeness (QED) is 0.622. The van der Waals surface area contributed by atoms with Gasteiger partial charge in [-0.15, -0.1) is 0 Å². The molecule has 0 aromatic heterocycles. The van der Waals surface area contributed by atoms with E-state index >= 15 is 0 Å². The highest BCUT2D eigenvalue weighted by Gasteiger charge is 2.43. The molecule has 1 aliphatic rings. The van der Waals surface area contributed by atoms with Crippen molar-refractivity contribution in [2.75, 3.05) is 0 Å². The van der Waals surface area contributed by atoms with Crippen LogP contribution in [0.1, 0.15) is 18.1 Å². The zero-order chi connectivity index (χ0) is 10.3. The highest BCUT2D eigenvalue weighted by molar-refractivity contribution is 5.39. The predicted molar refractivity (Wildman–Crippen MR) is 49.6 cm³/mol. The largest absolute Gasteiger partial charge is 0.432 e. The van der Waals surface area contributed by atoms with E-state index in [4.69, 9.17) is 0 Å². The van der Waals surface area contributed by atoms with Crippen molar-refractivity contribution in [2.24, 2.45) is 5.92 Å². The number of halogens is 2. The topological polar surface area (TPSA) is 9.23 Å². The molecule has 0 aliphatic carbocycles. The van der Waals surface area contributed by atoms with Gasteiger partial charge in [-0.1, -0.05) is 19.1 Å². The van der Waals surface area contributed by atoms with E-state index in [1.54, 1.807) is 6.07 Å². The first kappa shape index (κ1) is 9.44. The van der Waals surface area contributed by atoms with Crippen molar-refractivity contribution in [3.8, 4) is 5.75 Å². The molecule has 1 aliphatic heterocycles. The average Bonchev–Trinajstić information content (AvgIpc) is 2.07. The summed E-state index contributed by atoms with van der Waals surface area (Å²) < 4.78 is 31.1. The molecule has 3 heteroatoms. The fourth-order valence-electron chi connectivity index (χ4n) is 1.62. The summed E-state index contributed by atoms with van der Waals surface area (Å²) in [7, 11) is 0. The van der Waals surface area contributed by atoms with Crippen molar-refractivity contribution in [3.63, 3.8) is 0 Å². The Morgan fingerprint density at radius 2 is 2.14 bits per heavy atom. The van der Waals surface area contributed by atoms with Crippen molar-refractivity contribution < 1.29 is 13.5 Å². The molecular formula is C11H12F2O. The van der Waals surface area contributed by atoms with Gasteiger partial charge in [0.1, 0.15) is 5.75 Å². The number of hydrogen-bond acceptors (Lipinski definition) is 1. The van der Waals surface area contributed by atoms with Crippen molar-refractivity contribution in [1.82, 2.24) is 0 Å². The second kappa shape index (κ2) is 2.94. The Labute approximate surface area is 81.7 Å². The zero-order valence-electron chi connectivity index (χ0n) is 8.18. The van der Waals surface area contributed by atoms with Crippen molar-refractivity contribution >= 4 is 0 Å². The molecular weight excluding hydrogens is 186 g/mol. The first-order chi connectivity index (χ1) is 6.49. The first-order valence-corrected chi connectivity index (χ1v) is 4.65. The second-order valence-electron chi connectivity index (χ2n) is 3.88. The van der Waals surface area contributed by atoms with E-state index in [-0.39, 0.29) is 0 Å². The number of aryl methyl sites for hydroxylation is 1. The Balaban J connectivity index is 2.41. The molecule has 76 valence electrons. The van der Waals surface area contributed by atoms with E-state index in [0.717, 1.165) is 11.1 Å². The van der Waals surface area contributed by atoms with Gasteiger partial charge in [0, 0.05) is 0 Å². The Bertz CT molecular complexity index is 360. The number of benzene rings is 1. The van der Waals surface area contributed by atoms with E-state index < -0.39 is 12.0 Å². The minimum Gasteiger partial charge on any atom is -0.432 e. The number of fused-ring (bicyclic) bond motifs is 1. The molecule has 1 unspecified atom stereocenters. The predicted octanol–water partition coefficient (Wildman–Crippen LogP) is 3.16. The average molecular weight is 198 g/mol. The van der Waals surface area contributed by atoms with Crippen LogP contribution in [0.3, 0.4) is 0 Å². The van der Waals surface area contributed by atoms with Gasteiger partial charge in [0.25, 0.3) is 0 Å². The van der Waals surface area contributed by atoms with Gasteiger partial charge in [-0.05, 0) is 30.5 Å². The maximum absolute atomic E-state index is 13.2. The maximum Gasteiger partial charge on any atom is 0.400 e. The van der Waals surface area contributed by atoms with Crippen molar-refractivity contribution in [1.29, 1.82) is 0 Å². The lowest BCUT2D eigenvalue weighted by atomic mass is 9.96. The van der Waals surface area contributed by atoms with Crippen LogP contribution in [0.25, 0.3) is 0 Å². The Morgan fingerprint density at radius 1 is 1.43 bits per heavy atom. The summed E-state index contributed by atoms with van der Waals surface area (Å²) in [5.41, 5.74) is 1.81. The minimum absolute atomic E-state index is 0.327. The molecule has 0 saturated heterocycles. The third kappa shape index (κ3) is 1.47. The van der Waals surface area contributed by atoms with Crippen molar-refractivity contribution in [3.05, 3.63) is 29.3 Å². The summed E-state index contributed by atoms with van der Waals surface area (Å²) in [6.45, 7) is 3.36. The lowest BCUT2D eigenvalue weighted by Crippen LogP contribution is -2.37. The van der Waals surface area contributed by atoms with Crippen molar-refractivity contribution in [2.45, 2.75) is 26.4 Å². The molecule has 0 bridgehead atoms. The molecule has 1 aromatic rings. The van der Waals surface area contributed by atoms with Crippen LogP contribution in [-0.2, 0) is 6.42 Å². The van der Waals surface area contributed by atoms with E-state index in [9.17, 15) is 8.78 Å². The van der Waals surface area contributed by atoms with E-state index in [1.165, 1.54) is 6.92 Å². The molecule has 14 heavy (non-hydrogen) atoms. The fraction of sp³-hybridized carbons (Fsp3) is 0.455. The lowest BCUT2D eigenvalue weighted by molar-refractivity contribution is -0.219. The Morgan fingerprint density at radius 3 is 2.86 bits per heavy atom. The van der Waals surface area contributed by atoms with E-state index in [1.807, 2.05) is 19.1 Å². The SMILES string of the molecule is Cc1ccc2c(c1)OC(F)(F)C(C)C2. The van der Waals surface area contributed by atoms with Gasteiger partial charge in [-0.3, -0.25) is 0 Å².